The van der Waals surface area contributed by atoms with Gasteiger partial charge < -0.3 is 5.21 Å². The van der Waals surface area contributed by atoms with Gasteiger partial charge in [0.2, 0.25) is 5.36 Å². The molecule has 0 radical (unpaired) electrons. The van der Waals surface area contributed by atoms with Crippen LogP contribution in [0.3, 0.4) is 0 Å². The van der Waals surface area contributed by atoms with Gasteiger partial charge in [-0.3, -0.25) is 0 Å². The summed E-state index contributed by atoms with van der Waals surface area (Å²) in [4.78, 5) is 0. The molecular weight excluding hydrogens is 170 g/mol. The molecule has 60 valence electrons. The van der Waals surface area contributed by atoms with Crippen LogP contribution in [0.2, 0.25) is 0 Å². The summed E-state index contributed by atoms with van der Waals surface area (Å²) in [6, 6.07) is 7.53. The molecule has 0 N–H and O–H groups in total. The first-order chi connectivity index (χ1) is 5.88. The molecule has 2 nitrogen and oxygen atoms in total. The van der Waals surface area contributed by atoms with Gasteiger partial charge in [-0.25, -0.2) is 0 Å². The first kappa shape index (κ1) is 7.43. The molecule has 0 amide bonds. The van der Waals surface area contributed by atoms with Crippen LogP contribution in [-0.2, 0) is 0 Å². The highest BCUT2D eigenvalue weighted by atomic mass is 32.2. The SMILES string of the molecule is [O-][N+]1=c2ccccc2=CSC=C1. The van der Waals surface area contributed by atoms with Crippen molar-refractivity contribution in [1.82, 2.24) is 4.74 Å². The van der Waals surface area contributed by atoms with Gasteiger partial charge in [-0.2, -0.15) is 4.74 Å². The largest absolute Gasteiger partial charge is 0.618 e. The van der Waals surface area contributed by atoms with Crippen LogP contribution in [0, 0.1) is 5.21 Å². The smallest absolute Gasteiger partial charge is 0.224 e. The Hall–Kier alpha value is -1.22. The molecule has 1 aromatic carbocycles. The predicted octanol–water partition coefficient (Wildman–Crippen LogP) is 0.631. The summed E-state index contributed by atoms with van der Waals surface area (Å²) < 4.78 is 0.881. The molecule has 1 aliphatic heterocycles. The lowest BCUT2D eigenvalue weighted by atomic mass is 10.3. The molecule has 0 spiro atoms. The first-order valence-corrected chi connectivity index (χ1v) is 4.53. The van der Waals surface area contributed by atoms with Crippen molar-refractivity contribution in [3.63, 3.8) is 0 Å². The molecule has 1 heterocycles. The average Bonchev–Trinajstić information content (AvgIpc) is 2.29. The van der Waals surface area contributed by atoms with E-state index in [9.17, 15) is 5.21 Å². The lowest BCUT2D eigenvalue weighted by molar-refractivity contribution is 0.954. The number of rotatable bonds is 0. The van der Waals surface area contributed by atoms with Crippen molar-refractivity contribution >= 4 is 17.2 Å². The molecule has 0 fully saturated rings. The summed E-state index contributed by atoms with van der Waals surface area (Å²) in [6.45, 7) is 0. The van der Waals surface area contributed by atoms with Gasteiger partial charge in [-0.1, -0.05) is 23.9 Å². The van der Waals surface area contributed by atoms with E-state index in [2.05, 4.69) is 0 Å². The van der Waals surface area contributed by atoms with E-state index >= 15 is 0 Å². The zero-order valence-electron chi connectivity index (χ0n) is 6.31. The van der Waals surface area contributed by atoms with E-state index < -0.39 is 0 Å². The van der Waals surface area contributed by atoms with Gasteiger partial charge in [0.25, 0.3) is 0 Å². The van der Waals surface area contributed by atoms with E-state index in [1.807, 2.05) is 29.7 Å². The molecule has 0 atom stereocenters. The molecule has 3 heteroatoms. The van der Waals surface area contributed by atoms with Crippen molar-refractivity contribution < 1.29 is 0 Å². The summed E-state index contributed by atoms with van der Waals surface area (Å²) >= 11 is 1.51. The number of hydroxylamine groups is 1. The number of thioether (sulfide) groups is 1. The van der Waals surface area contributed by atoms with Crippen LogP contribution < -0.4 is 15.3 Å². The maximum absolute atomic E-state index is 11.3. The van der Waals surface area contributed by atoms with E-state index in [1.165, 1.54) is 18.0 Å². The number of para-hydroxylation sites is 1. The van der Waals surface area contributed by atoms with Gasteiger partial charge in [0, 0.05) is 11.5 Å². The summed E-state index contributed by atoms with van der Waals surface area (Å²) in [5.74, 6) is 0. The Balaban J connectivity index is 2.89. The molecular formula is C9H7NOS. The highest BCUT2D eigenvalue weighted by Gasteiger charge is 1.96. The van der Waals surface area contributed by atoms with E-state index in [0.29, 0.717) is 5.36 Å². The number of hydrogen-bond donors (Lipinski definition) is 0. The molecule has 12 heavy (non-hydrogen) atoms. The third-order valence-electron chi connectivity index (χ3n) is 1.64. The van der Waals surface area contributed by atoms with Crippen LogP contribution in [-0.4, -0.2) is 0 Å². The van der Waals surface area contributed by atoms with Gasteiger partial charge in [0.05, 0.1) is 5.22 Å². The number of nitrogens with zero attached hydrogens (tertiary/aromatic N) is 1. The lowest BCUT2D eigenvalue weighted by Gasteiger charge is -1.93. The van der Waals surface area contributed by atoms with Gasteiger partial charge in [-0.15, -0.1) is 0 Å². The Morgan fingerprint density at radius 3 is 3.00 bits per heavy atom. The monoisotopic (exact) mass is 177 g/mol. The molecule has 1 aromatic rings. The minimum absolute atomic E-state index is 0.707. The Bertz CT molecular complexity index is 436. The fraction of sp³-hybridized carbons (Fsp3) is 0. The van der Waals surface area contributed by atoms with Crippen molar-refractivity contribution in [1.29, 1.82) is 0 Å². The molecule has 0 saturated heterocycles. The van der Waals surface area contributed by atoms with Gasteiger partial charge >= 0.3 is 0 Å². The predicted molar refractivity (Wildman–Crippen MR) is 51.5 cm³/mol. The highest BCUT2D eigenvalue weighted by molar-refractivity contribution is 8.09. The van der Waals surface area contributed by atoms with Gasteiger partial charge in [0.15, 0.2) is 6.20 Å². The summed E-state index contributed by atoms with van der Waals surface area (Å²) in [7, 11) is 0. The van der Waals surface area contributed by atoms with Gasteiger partial charge in [0.1, 0.15) is 0 Å². The standard InChI is InChI=1S/C9H7NOS/c11-10-5-6-12-7-8-3-1-2-4-9(8)10/h1-7H. The van der Waals surface area contributed by atoms with E-state index in [1.54, 1.807) is 5.41 Å². The summed E-state index contributed by atoms with van der Waals surface area (Å²) in [6.07, 6.45) is 1.52. The Labute approximate surface area is 74.1 Å². The fourth-order valence-corrected chi connectivity index (χ4v) is 1.68. The highest BCUT2D eigenvalue weighted by Crippen LogP contribution is 2.02. The topological polar surface area (TPSA) is 26.1 Å². The zero-order chi connectivity index (χ0) is 8.39. The Kier molecular flexibility index (Phi) is 1.87. The third-order valence-corrected chi connectivity index (χ3v) is 2.31. The minimum Gasteiger partial charge on any atom is -0.618 e. The molecule has 2 rings (SSSR count). The van der Waals surface area contributed by atoms with Crippen molar-refractivity contribution in [3.8, 4) is 0 Å². The van der Waals surface area contributed by atoms with Crippen molar-refractivity contribution in [2.24, 2.45) is 0 Å². The molecule has 0 aliphatic carbocycles. The molecule has 0 bridgehead atoms. The molecule has 1 aliphatic rings. The second-order valence-electron chi connectivity index (χ2n) is 2.42. The summed E-state index contributed by atoms with van der Waals surface area (Å²) in [5.41, 5.74) is 0. The zero-order valence-corrected chi connectivity index (χ0v) is 7.12. The first-order valence-electron chi connectivity index (χ1n) is 3.59. The van der Waals surface area contributed by atoms with Crippen molar-refractivity contribution in [2.45, 2.75) is 0 Å². The van der Waals surface area contributed by atoms with Crippen LogP contribution >= 0.6 is 11.8 Å². The Morgan fingerprint density at radius 1 is 1.25 bits per heavy atom. The Morgan fingerprint density at radius 2 is 2.08 bits per heavy atom. The number of hydrogen-bond acceptors (Lipinski definition) is 2. The fourth-order valence-electron chi connectivity index (χ4n) is 1.07. The van der Waals surface area contributed by atoms with Crippen LogP contribution in [0.4, 0.5) is 0 Å². The summed E-state index contributed by atoms with van der Waals surface area (Å²) in [5, 5.41) is 16.7. The third kappa shape index (κ3) is 1.23. The minimum atomic E-state index is 0.707. The molecule has 0 unspecified atom stereocenters. The quantitative estimate of drug-likeness (QED) is 0.429. The van der Waals surface area contributed by atoms with Crippen LogP contribution in [0.15, 0.2) is 35.9 Å². The molecule has 0 saturated carbocycles. The normalized spacial score (nSPS) is 14.8. The van der Waals surface area contributed by atoms with E-state index in [0.717, 1.165) is 9.96 Å². The van der Waals surface area contributed by atoms with Crippen molar-refractivity contribution in [2.75, 3.05) is 0 Å². The van der Waals surface area contributed by atoms with Crippen LogP contribution in [0.1, 0.15) is 0 Å². The second-order valence-corrected chi connectivity index (χ2v) is 3.20. The van der Waals surface area contributed by atoms with Gasteiger partial charge in [-0.05, 0) is 11.5 Å². The second kappa shape index (κ2) is 3.03. The number of benzene rings is 1. The average molecular weight is 177 g/mol. The number of fused-ring (bicyclic) bond motifs is 1. The molecule has 0 aromatic heterocycles. The van der Waals surface area contributed by atoms with E-state index in [-0.39, 0.29) is 0 Å². The van der Waals surface area contributed by atoms with Crippen LogP contribution in [0.25, 0.3) is 5.41 Å². The van der Waals surface area contributed by atoms with E-state index in [4.69, 9.17) is 0 Å². The maximum Gasteiger partial charge on any atom is 0.224 e. The van der Waals surface area contributed by atoms with Crippen LogP contribution in [0.5, 0.6) is 0 Å². The van der Waals surface area contributed by atoms with Crippen molar-refractivity contribution in [3.05, 3.63) is 51.7 Å². The lowest BCUT2D eigenvalue weighted by Crippen LogP contribution is -2.32. The maximum atomic E-state index is 11.3.